The minimum absolute atomic E-state index is 0.0785. The first-order chi connectivity index (χ1) is 10.6. The third kappa shape index (κ3) is 2.71. The highest BCUT2D eigenvalue weighted by Crippen LogP contribution is 2.08. The van der Waals surface area contributed by atoms with Crippen molar-refractivity contribution in [3.63, 3.8) is 0 Å². The number of pyridine rings is 1. The molecule has 3 aromatic rings. The van der Waals surface area contributed by atoms with Gasteiger partial charge in [0.1, 0.15) is 12.4 Å². The van der Waals surface area contributed by atoms with Crippen molar-refractivity contribution in [3.05, 3.63) is 65.0 Å². The third-order valence-electron chi connectivity index (χ3n) is 3.32. The third-order valence-corrected chi connectivity index (χ3v) is 3.32. The van der Waals surface area contributed by atoms with Crippen LogP contribution < -0.4 is 10.9 Å². The van der Waals surface area contributed by atoms with Crippen LogP contribution in [0, 0.1) is 6.92 Å². The molecule has 6 heteroatoms. The molecule has 110 valence electrons. The summed E-state index contributed by atoms with van der Waals surface area (Å²) in [6, 6.07) is 10.5. The average molecular weight is 294 g/mol. The summed E-state index contributed by atoms with van der Waals surface area (Å²) < 4.78 is 1.37. The smallest absolute Gasteiger partial charge is 0.261 e. The van der Waals surface area contributed by atoms with Gasteiger partial charge in [0, 0.05) is 18.1 Å². The van der Waals surface area contributed by atoms with Crippen molar-refractivity contribution in [1.82, 2.24) is 14.5 Å². The van der Waals surface area contributed by atoms with Crippen molar-refractivity contribution >= 4 is 22.5 Å². The molecular weight excluding hydrogens is 280 g/mol. The summed E-state index contributed by atoms with van der Waals surface area (Å²) in [5.74, 6) is 0.224. The molecule has 1 aromatic carbocycles. The number of fused-ring (bicyclic) bond motifs is 1. The van der Waals surface area contributed by atoms with E-state index >= 15 is 0 Å². The number of benzene rings is 1. The molecule has 1 amide bonds. The van der Waals surface area contributed by atoms with Gasteiger partial charge >= 0.3 is 0 Å². The molecule has 0 saturated carbocycles. The van der Waals surface area contributed by atoms with E-state index in [2.05, 4.69) is 15.3 Å². The second-order valence-electron chi connectivity index (χ2n) is 4.85. The zero-order chi connectivity index (χ0) is 15.5. The number of nitrogens with zero attached hydrogens (tertiary/aromatic N) is 3. The number of carbonyl (C=O) groups is 1. The SMILES string of the molecule is Cc1nc2ccccc2c(=O)n1CC(=O)Nc1ccncc1. The number of aromatic nitrogens is 3. The maximum Gasteiger partial charge on any atom is 0.261 e. The Bertz CT molecular complexity index is 888. The number of anilines is 1. The van der Waals surface area contributed by atoms with Gasteiger partial charge in [0.2, 0.25) is 5.91 Å². The van der Waals surface area contributed by atoms with Crippen LogP contribution in [0.2, 0.25) is 0 Å². The van der Waals surface area contributed by atoms with E-state index in [4.69, 9.17) is 0 Å². The lowest BCUT2D eigenvalue weighted by molar-refractivity contribution is -0.116. The highest BCUT2D eigenvalue weighted by Gasteiger charge is 2.11. The van der Waals surface area contributed by atoms with Crippen molar-refractivity contribution in [2.75, 3.05) is 5.32 Å². The summed E-state index contributed by atoms with van der Waals surface area (Å²) >= 11 is 0. The van der Waals surface area contributed by atoms with Gasteiger partial charge in [-0.1, -0.05) is 12.1 Å². The van der Waals surface area contributed by atoms with E-state index in [-0.39, 0.29) is 18.0 Å². The predicted octanol–water partition coefficient (Wildman–Crippen LogP) is 1.74. The van der Waals surface area contributed by atoms with Crippen LogP contribution >= 0.6 is 0 Å². The fourth-order valence-corrected chi connectivity index (χ4v) is 2.24. The van der Waals surface area contributed by atoms with E-state index in [1.165, 1.54) is 4.57 Å². The van der Waals surface area contributed by atoms with Crippen LogP contribution in [0.3, 0.4) is 0 Å². The number of carbonyl (C=O) groups excluding carboxylic acids is 1. The van der Waals surface area contributed by atoms with E-state index in [9.17, 15) is 9.59 Å². The Morgan fingerprint density at radius 2 is 1.91 bits per heavy atom. The molecule has 1 N–H and O–H groups in total. The van der Waals surface area contributed by atoms with Crippen LogP contribution in [-0.4, -0.2) is 20.4 Å². The van der Waals surface area contributed by atoms with Gasteiger partial charge in [0.25, 0.3) is 5.56 Å². The minimum atomic E-state index is -0.284. The number of hydrogen-bond acceptors (Lipinski definition) is 4. The van der Waals surface area contributed by atoms with Crippen molar-refractivity contribution < 1.29 is 4.79 Å². The monoisotopic (exact) mass is 294 g/mol. The topological polar surface area (TPSA) is 76.9 Å². The summed E-state index contributed by atoms with van der Waals surface area (Å²) in [6.07, 6.45) is 3.18. The Hall–Kier alpha value is -3.02. The van der Waals surface area contributed by atoms with E-state index in [1.807, 2.05) is 6.07 Å². The van der Waals surface area contributed by atoms with Crippen LogP contribution in [0.1, 0.15) is 5.82 Å². The van der Waals surface area contributed by atoms with Gasteiger partial charge in [-0.2, -0.15) is 0 Å². The second-order valence-corrected chi connectivity index (χ2v) is 4.85. The molecule has 2 heterocycles. The molecule has 0 aliphatic rings. The van der Waals surface area contributed by atoms with E-state index < -0.39 is 0 Å². The average Bonchev–Trinajstić information content (AvgIpc) is 2.52. The fraction of sp³-hybridized carbons (Fsp3) is 0.125. The summed E-state index contributed by atoms with van der Waals surface area (Å²) in [5, 5.41) is 3.23. The van der Waals surface area contributed by atoms with Gasteiger partial charge in [-0.3, -0.25) is 19.1 Å². The van der Waals surface area contributed by atoms with Gasteiger partial charge in [-0.15, -0.1) is 0 Å². The molecule has 0 radical (unpaired) electrons. The quantitative estimate of drug-likeness (QED) is 0.798. The number of rotatable bonds is 3. The number of amides is 1. The predicted molar refractivity (Wildman–Crippen MR) is 83.6 cm³/mol. The van der Waals surface area contributed by atoms with Crippen molar-refractivity contribution in [3.8, 4) is 0 Å². The summed E-state index contributed by atoms with van der Waals surface area (Å²) in [6.45, 7) is 1.64. The molecule has 0 bridgehead atoms. The van der Waals surface area contributed by atoms with Crippen molar-refractivity contribution in [1.29, 1.82) is 0 Å². The molecule has 0 aliphatic carbocycles. The molecular formula is C16H14N4O2. The summed E-state index contributed by atoms with van der Waals surface area (Å²) in [5.41, 5.74) is 1.06. The highest BCUT2D eigenvalue weighted by molar-refractivity contribution is 5.90. The first-order valence-corrected chi connectivity index (χ1v) is 6.81. The lowest BCUT2D eigenvalue weighted by Gasteiger charge is -2.11. The maximum atomic E-state index is 12.5. The van der Waals surface area contributed by atoms with Gasteiger partial charge in [0.15, 0.2) is 0 Å². The summed E-state index contributed by atoms with van der Waals surface area (Å²) in [7, 11) is 0. The molecule has 0 saturated heterocycles. The second kappa shape index (κ2) is 5.77. The maximum absolute atomic E-state index is 12.5. The van der Waals surface area contributed by atoms with Gasteiger partial charge < -0.3 is 5.32 Å². The molecule has 6 nitrogen and oxygen atoms in total. The van der Waals surface area contributed by atoms with Gasteiger partial charge in [-0.05, 0) is 31.2 Å². The van der Waals surface area contributed by atoms with Crippen LogP contribution in [0.5, 0.6) is 0 Å². The molecule has 2 aromatic heterocycles. The molecule has 0 aliphatic heterocycles. The van der Waals surface area contributed by atoms with Crippen molar-refractivity contribution in [2.45, 2.75) is 13.5 Å². The van der Waals surface area contributed by atoms with Crippen LogP contribution in [0.25, 0.3) is 10.9 Å². The fourth-order valence-electron chi connectivity index (χ4n) is 2.24. The lowest BCUT2D eigenvalue weighted by atomic mass is 10.2. The first-order valence-electron chi connectivity index (χ1n) is 6.81. The zero-order valence-corrected chi connectivity index (χ0v) is 12.0. The zero-order valence-electron chi connectivity index (χ0n) is 12.0. The van der Waals surface area contributed by atoms with E-state index in [0.717, 1.165) is 0 Å². The minimum Gasteiger partial charge on any atom is -0.324 e. The van der Waals surface area contributed by atoms with E-state index in [1.54, 1.807) is 49.6 Å². The first kappa shape index (κ1) is 13.9. The number of nitrogens with one attached hydrogen (secondary N) is 1. The molecule has 0 spiro atoms. The molecule has 3 rings (SSSR count). The van der Waals surface area contributed by atoms with Gasteiger partial charge in [0.05, 0.1) is 10.9 Å². The largest absolute Gasteiger partial charge is 0.324 e. The van der Waals surface area contributed by atoms with Crippen LogP contribution in [0.4, 0.5) is 5.69 Å². The molecule has 0 unspecified atom stereocenters. The molecule has 0 fully saturated rings. The normalized spacial score (nSPS) is 10.6. The molecule has 0 atom stereocenters. The Labute approximate surface area is 126 Å². The number of para-hydroxylation sites is 1. The number of aryl methyl sites for hydroxylation is 1. The van der Waals surface area contributed by atoms with Gasteiger partial charge in [-0.25, -0.2) is 4.98 Å². The van der Waals surface area contributed by atoms with Crippen LogP contribution in [0.15, 0.2) is 53.6 Å². The Kier molecular flexibility index (Phi) is 3.65. The van der Waals surface area contributed by atoms with Crippen LogP contribution in [-0.2, 0) is 11.3 Å². The summed E-state index contributed by atoms with van der Waals surface area (Å²) in [4.78, 5) is 32.8. The molecule has 22 heavy (non-hydrogen) atoms. The standard InChI is InChI=1S/C16H14N4O2/c1-11-18-14-5-3-2-4-13(14)16(22)20(11)10-15(21)19-12-6-8-17-9-7-12/h2-9H,10H2,1H3,(H,17,19,21). The lowest BCUT2D eigenvalue weighted by Crippen LogP contribution is -2.30. The Balaban J connectivity index is 1.91. The Morgan fingerprint density at radius 3 is 2.68 bits per heavy atom. The van der Waals surface area contributed by atoms with E-state index in [0.29, 0.717) is 22.4 Å². The van der Waals surface area contributed by atoms with Crippen molar-refractivity contribution in [2.24, 2.45) is 0 Å². The highest BCUT2D eigenvalue weighted by atomic mass is 16.2. The number of hydrogen-bond donors (Lipinski definition) is 1. The Morgan fingerprint density at radius 1 is 1.18 bits per heavy atom.